The lowest BCUT2D eigenvalue weighted by molar-refractivity contribution is 0.0806. The Kier molecular flexibility index (Phi) is 7.24. The van der Waals surface area contributed by atoms with Crippen LogP contribution in [0.5, 0.6) is 0 Å². The first-order valence-electron chi connectivity index (χ1n) is 8.71. The van der Waals surface area contributed by atoms with Crippen molar-refractivity contribution < 1.29 is 9.32 Å². The second-order valence-electron chi connectivity index (χ2n) is 6.90. The number of benzene rings is 1. The third-order valence-electron chi connectivity index (χ3n) is 5.22. The number of hydrogen-bond acceptors (Lipinski definition) is 5. The highest BCUT2D eigenvalue weighted by Gasteiger charge is 2.35. The number of carbonyl (C=O) groups is 1. The zero-order chi connectivity index (χ0) is 16.5. The second kappa shape index (κ2) is 9.00. The van der Waals surface area contributed by atoms with E-state index in [2.05, 4.69) is 22.0 Å². The van der Waals surface area contributed by atoms with Gasteiger partial charge in [-0.25, -0.2) is 0 Å². The third-order valence-corrected chi connectivity index (χ3v) is 5.22. The van der Waals surface area contributed by atoms with Crippen molar-refractivity contribution in [3.8, 4) is 11.3 Å². The van der Waals surface area contributed by atoms with Gasteiger partial charge in [0.25, 0.3) is 0 Å². The average molecular weight is 398 g/mol. The maximum absolute atomic E-state index is 13.1. The van der Waals surface area contributed by atoms with Crippen LogP contribution in [0.4, 0.5) is 0 Å². The van der Waals surface area contributed by atoms with E-state index in [0.29, 0.717) is 11.3 Å². The molecule has 1 aromatic carbocycles. The lowest BCUT2D eigenvalue weighted by atomic mass is 9.84. The Morgan fingerprint density at radius 2 is 1.81 bits per heavy atom. The number of fused-ring (bicyclic) bond motifs is 1. The predicted octanol–water partition coefficient (Wildman–Crippen LogP) is 3.18. The van der Waals surface area contributed by atoms with Crippen LogP contribution in [0.15, 0.2) is 34.9 Å². The van der Waals surface area contributed by atoms with Crippen molar-refractivity contribution in [3.63, 3.8) is 0 Å². The van der Waals surface area contributed by atoms with E-state index in [1.54, 1.807) is 0 Å². The van der Waals surface area contributed by atoms with E-state index < -0.39 is 0 Å². The number of ketones is 1. The minimum Gasteiger partial charge on any atom is -0.360 e. The molecule has 4 rings (SSSR count). The van der Waals surface area contributed by atoms with Crippen molar-refractivity contribution in [3.05, 3.63) is 41.7 Å². The monoisotopic (exact) mass is 397 g/mol. The highest BCUT2D eigenvalue weighted by Crippen LogP contribution is 2.33. The van der Waals surface area contributed by atoms with Crippen LogP contribution in [0, 0.1) is 5.92 Å². The SMILES string of the molecule is CN1CCN(CC2CCc3onc(-c4ccccc4)c3C2=O)CC1.Cl.Cl. The van der Waals surface area contributed by atoms with Crippen LogP contribution in [0.25, 0.3) is 11.3 Å². The summed E-state index contributed by atoms with van der Waals surface area (Å²) in [5, 5.41) is 4.19. The van der Waals surface area contributed by atoms with Gasteiger partial charge in [0.05, 0.1) is 5.56 Å². The third kappa shape index (κ3) is 4.12. The predicted molar refractivity (Wildman–Crippen MR) is 107 cm³/mol. The molecular weight excluding hydrogens is 373 g/mol. The van der Waals surface area contributed by atoms with Gasteiger partial charge < -0.3 is 14.3 Å². The van der Waals surface area contributed by atoms with Crippen molar-refractivity contribution >= 4 is 30.6 Å². The van der Waals surface area contributed by atoms with E-state index in [4.69, 9.17) is 4.52 Å². The summed E-state index contributed by atoms with van der Waals surface area (Å²) in [6.07, 6.45) is 1.67. The first-order chi connectivity index (χ1) is 11.7. The Balaban J connectivity index is 0.00000121. The smallest absolute Gasteiger partial charge is 0.173 e. The molecule has 1 unspecified atom stereocenters. The number of hydrogen-bond donors (Lipinski definition) is 0. The zero-order valence-electron chi connectivity index (χ0n) is 14.9. The highest BCUT2D eigenvalue weighted by atomic mass is 35.5. The fraction of sp³-hybridized carbons (Fsp3) is 0.474. The molecule has 142 valence electrons. The van der Waals surface area contributed by atoms with Crippen molar-refractivity contribution in [2.24, 2.45) is 5.92 Å². The maximum Gasteiger partial charge on any atom is 0.173 e. The quantitative estimate of drug-likeness (QED) is 0.795. The summed E-state index contributed by atoms with van der Waals surface area (Å²) in [5.41, 5.74) is 2.38. The molecule has 5 nitrogen and oxygen atoms in total. The Labute approximate surface area is 166 Å². The zero-order valence-corrected chi connectivity index (χ0v) is 16.5. The van der Waals surface area contributed by atoms with Crippen LogP contribution in [-0.4, -0.2) is 60.5 Å². The number of aryl methyl sites for hydroxylation is 1. The van der Waals surface area contributed by atoms with Gasteiger partial charge in [-0.1, -0.05) is 35.5 Å². The van der Waals surface area contributed by atoms with Gasteiger partial charge in [0, 0.05) is 50.6 Å². The summed E-state index contributed by atoms with van der Waals surface area (Å²) in [5.74, 6) is 1.02. The first-order valence-corrected chi connectivity index (χ1v) is 8.71. The van der Waals surface area contributed by atoms with Crippen LogP contribution in [0.1, 0.15) is 22.5 Å². The van der Waals surface area contributed by atoms with Gasteiger partial charge in [-0.05, 0) is 13.5 Å². The molecule has 2 heterocycles. The van der Waals surface area contributed by atoms with Crippen LogP contribution in [0.2, 0.25) is 0 Å². The van der Waals surface area contributed by atoms with Crippen LogP contribution >= 0.6 is 24.8 Å². The molecular formula is C19H25Cl2N3O2. The summed E-state index contributed by atoms with van der Waals surface area (Å²) in [4.78, 5) is 17.8. The van der Waals surface area contributed by atoms with E-state index in [9.17, 15) is 4.79 Å². The van der Waals surface area contributed by atoms with E-state index in [0.717, 1.165) is 56.9 Å². The highest BCUT2D eigenvalue weighted by molar-refractivity contribution is 6.04. The number of nitrogens with zero attached hydrogens (tertiary/aromatic N) is 3. The minimum absolute atomic E-state index is 0. The minimum atomic E-state index is 0. The molecule has 1 aliphatic heterocycles. The van der Waals surface area contributed by atoms with Crippen molar-refractivity contribution in [2.75, 3.05) is 39.8 Å². The molecule has 7 heteroatoms. The summed E-state index contributed by atoms with van der Waals surface area (Å²) in [7, 11) is 2.15. The summed E-state index contributed by atoms with van der Waals surface area (Å²) >= 11 is 0. The Bertz CT molecular complexity index is 728. The largest absolute Gasteiger partial charge is 0.360 e. The number of Topliss-reactive ketones (excluding diaryl/α,β-unsaturated/α-hetero) is 1. The van der Waals surface area contributed by atoms with Crippen LogP contribution in [-0.2, 0) is 6.42 Å². The lowest BCUT2D eigenvalue weighted by Crippen LogP contribution is -2.47. The molecule has 0 amide bonds. The molecule has 0 bridgehead atoms. The van der Waals surface area contributed by atoms with Gasteiger partial charge in [-0.3, -0.25) is 4.79 Å². The molecule has 1 aliphatic carbocycles. The Morgan fingerprint density at radius 1 is 1.12 bits per heavy atom. The van der Waals surface area contributed by atoms with E-state index in [1.807, 2.05) is 30.3 Å². The number of rotatable bonds is 3. The molecule has 1 aromatic heterocycles. The summed E-state index contributed by atoms with van der Waals surface area (Å²) < 4.78 is 5.47. The van der Waals surface area contributed by atoms with Gasteiger partial charge in [0.1, 0.15) is 11.5 Å². The fourth-order valence-electron chi connectivity index (χ4n) is 3.70. The Hall–Kier alpha value is -1.40. The number of halogens is 2. The molecule has 0 N–H and O–H groups in total. The van der Waals surface area contributed by atoms with E-state index in [1.165, 1.54) is 0 Å². The van der Waals surface area contributed by atoms with Gasteiger partial charge in [-0.15, -0.1) is 24.8 Å². The van der Waals surface area contributed by atoms with E-state index in [-0.39, 0.29) is 36.5 Å². The van der Waals surface area contributed by atoms with Crippen LogP contribution < -0.4 is 0 Å². The van der Waals surface area contributed by atoms with Crippen molar-refractivity contribution in [1.29, 1.82) is 0 Å². The van der Waals surface area contributed by atoms with Gasteiger partial charge in [0.2, 0.25) is 0 Å². The molecule has 1 atom stereocenters. The normalized spacial score (nSPS) is 20.8. The number of aromatic nitrogens is 1. The van der Waals surface area contributed by atoms with Gasteiger partial charge >= 0.3 is 0 Å². The fourth-order valence-corrected chi connectivity index (χ4v) is 3.70. The summed E-state index contributed by atoms with van der Waals surface area (Å²) in [6, 6.07) is 9.86. The standard InChI is InChI=1S/C19H23N3O2.2ClH/c1-21-9-11-22(12-10-21)13-15-7-8-16-17(19(15)23)18(20-24-16)14-5-3-2-4-6-14;;/h2-6,15H,7-13H2,1H3;2*1H. The first kappa shape index (κ1) is 20.9. The van der Waals surface area contributed by atoms with Gasteiger partial charge in [0.15, 0.2) is 5.78 Å². The van der Waals surface area contributed by atoms with Crippen molar-refractivity contribution in [2.45, 2.75) is 12.8 Å². The lowest BCUT2D eigenvalue weighted by Gasteiger charge is -2.35. The molecule has 0 radical (unpaired) electrons. The number of carbonyl (C=O) groups excluding carboxylic acids is 1. The molecule has 1 saturated heterocycles. The molecule has 1 fully saturated rings. The van der Waals surface area contributed by atoms with Crippen LogP contribution in [0.3, 0.4) is 0 Å². The van der Waals surface area contributed by atoms with E-state index >= 15 is 0 Å². The average Bonchev–Trinajstić information content (AvgIpc) is 3.05. The van der Waals surface area contributed by atoms with Gasteiger partial charge in [-0.2, -0.15) is 0 Å². The van der Waals surface area contributed by atoms with Crippen molar-refractivity contribution in [1.82, 2.24) is 15.0 Å². The number of piperazine rings is 1. The molecule has 0 saturated carbocycles. The molecule has 2 aliphatic rings. The summed E-state index contributed by atoms with van der Waals surface area (Å²) in [6.45, 7) is 5.10. The molecule has 26 heavy (non-hydrogen) atoms. The Morgan fingerprint density at radius 3 is 2.50 bits per heavy atom. The topological polar surface area (TPSA) is 49.6 Å². The molecule has 2 aromatic rings. The number of likely N-dealkylation sites (N-methyl/N-ethyl adjacent to an activating group) is 1. The second-order valence-corrected chi connectivity index (χ2v) is 6.90. The maximum atomic E-state index is 13.1. The molecule has 0 spiro atoms.